The fourth-order valence-electron chi connectivity index (χ4n) is 2.24. The van der Waals surface area contributed by atoms with E-state index in [1.807, 2.05) is 12.1 Å². The predicted octanol–water partition coefficient (Wildman–Crippen LogP) is 2.64. The van der Waals surface area contributed by atoms with Crippen LogP contribution in [0.25, 0.3) is 0 Å². The van der Waals surface area contributed by atoms with Crippen molar-refractivity contribution in [3.8, 4) is 0 Å². The summed E-state index contributed by atoms with van der Waals surface area (Å²) in [6.45, 7) is 0. The smallest absolute Gasteiger partial charge is 0.265 e. The number of hydrogen-bond acceptors (Lipinski definition) is 2. The van der Waals surface area contributed by atoms with Gasteiger partial charge in [0.1, 0.15) is 0 Å². The van der Waals surface area contributed by atoms with Gasteiger partial charge in [-0.2, -0.15) is 0 Å². The highest BCUT2D eigenvalue weighted by Gasteiger charge is 2.46. The first-order valence-electron chi connectivity index (χ1n) is 5.52. The molecule has 0 saturated carbocycles. The summed E-state index contributed by atoms with van der Waals surface area (Å²) in [7, 11) is 0. The third kappa shape index (κ3) is 1.50. The number of benzene rings is 2. The average molecular weight is 304 g/mol. The Bertz CT molecular complexity index is 627. The topological polar surface area (TPSA) is 49.3 Å². The fraction of sp³-hybridized carbons (Fsp3) is 0.0714. The first-order valence-corrected chi connectivity index (χ1v) is 6.31. The molecule has 1 amide bonds. The largest absolute Gasteiger partial charge is 0.372 e. The monoisotopic (exact) mass is 303 g/mol. The van der Waals surface area contributed by atoms with Crippen LogP contribution in [-0.4, -0.2) is 11.0 Å². The summed E-state index contributed by atoms with van der Waals surface area (Å²) in [5.74, 6) is -0.415. The summed E-state index contributed by atoms with van der Waals surface area (Å²) in [6, 6.07) is 14.3. The van der Waals surface area contributed by atoms with Gasteiger partial charge in [0.15, 0.2) is 5.60 Å². The molecule has 0 bridgehead atoms. The molecule has 1 aliphatic heterocycles. The molecule has 18 heavy (non-hydrogen) atoms. The van der Waals surface area contributed by atoms with Crippen LogP contribution in [0.5, 0.6) is 0 Å². The molecule has 2 aromatic carbocycles. The van der Waals surface area contributed by atoms with Crippen molar-refractivity contribution in [2.24, 2.45) is 0 Å². The van der Waals surface area contributed by atoms with Gasteiger partial charge in [-0.1, -0.05) is 52.3 Å². The Balaban J connectivity index is 2.23. The zero-order chi connectivity index (χ0) is 12.8. The molecule has 0 aromatic heterocycles. The lowest BCUT2D eigenvalue weighted by molar-refractivity contribution is -0.129. The highest BCUT2D eigenvalue weighted by molar-refractivity contribution is 9.10. The lowest BCUT2D eigenvalue weighted by Gasteiger charge is -2.21. The lowest BCUT2D eigenvalue weighted by Crippen LogP contribution is -2.35. The van der Waals surface area contributed by atoms with E-state index in [2.05, 4.69) is 21.2 Å². The number of carbonyl (C=O) groups is 1. The minimum absolute atomic E-state index is 0.415. The molecule has 2 N–H and O–H groups in total. The molecule has 0 saturated heterocycles. The minimum atomic E-state index is -1.60. The molecule has 90 valence electrons. The van der Waals surface area contributed by atoms with Crippen LogP contribution in [-0.2, 0) is 10.4 Å². The Kier molecular flexibility index (Phi) is 2.50. The summed E-state index contributed by atoms with van der Waals surface area (Å²) < 4.78 is 0.860. The molecule has 0 fully saturated rings. The van der Waals surface area contributed by atoms with Crippen molar-refractivity contribution in [1.82, 2.24) is 0 Å². The molecule has 3 rings (SSSR count). The standard InChI is InChI=1S/C14H10BrNO2/c15-10-6-7-11-12(8-10)16-13(17)14(11,18)9-4-2-1-3-5-9/h1-8,18H,(H,16,17)/t14-/m0/s1. The molecule has 1 atom stereocenters. The van der Waals surface area contributed by atoms with Crippen molar-refractivity contribution in [2.75, 3.05) is 5.32 Å². The van der Waals surface area contributed by atoms with Crippen molar-refractivity contribution in [3.63, 3.8) is 0 Å². The third-order valence-corrected chi connectivity index (χ3v) is 3.63. The third-order valence-electron chi connectivity index (χ3n) is 3.14. The van der Waals surface area contributed by atoms with E-state index in [9.17, 15) is 9.90 Å². The number of carbonyl (C=O) groups excluding carboxylic acids is 1. The number of fused-ring (bicyclic) bond motifs is 1. The minimum Gasteiger partial charge on any atom is -0.372 e. The van der Waals surface area contributed by atoms with E-state index in [0.29, 0.717) is 16.8 Å². The first-order chi connectivity index (χ1) is 8.62. The second kappa shape index (κ2) is 3.93. The molecule has 1 aliphatic rings. The van der Waals surface area contributed by atoms with Gasteiger partial charge in [0.2, 0.25) is 0 Å². The number of aliphatic hydroxyl groups is 1. The van der Waals surface area contributed by atoms with Crippen LogP contribution in [0.1, 0.15) is 11.1 Å². The molecule has 0 unspecified atom stereocenters. The summed E-state index contributed by atoms with van der Waals surface area (Å²) in [6.07, 6.45) is 0. The highest BCUT2D eigenvalue weighted by atomic mass is 79.9. The van der Waals surface area contributed by atoms with Crippen molar-refractivity contribution in [3.05, 3.63) is 64.1 Å². The van der Waals surface area contributed by atoms with Crippen LogP contribution in [0, 0.1) is 0 Å². The van der Waals surface area contributed by atoms with Crippen LogP contribution < -0.4 is 5.32 Å². The second-order valence-electron chi connectivity index (χ2n) is 4.22. The van der Waals surface area contributed by atoms with E-state index in [-0.39, 0.29) is 0 Å². The second-order valence-corrected chi connectivity index (χ2v) is 5.14. The lowest BCUT2D eigenvalue weighted by atomic mass is 9.88. The van der Waals surface area contributed by atoms with Gasteiger partial charge >= 0.3 is 0 Å². The number of nitrogens with one attached hydrogen (secondary N) is 1. The van der Waals surface area contributed by atoms with E-state index >= 15 is 0 Å². The van der Waals surface area contributed by atoms with Gasteiger partial charge in [0.05, 0.1) is 0 Å². The summed E-state index contributed by atoms with van der Waals surface area (Å²) >= 11 is 3.35. The maximum Gasteiger partial charge on any atom is 0.265 e. The predicted molar refractivity (Wildman–Crippen MR) is 72.2 cm³/mol. The number of halogens is 1. The Hall–Kier alpha value is -1.65. The Morgan fingerprint density at radius 1 is 1.11 bits per heavy atom. The van der Waals surface area contributed by atoms with Crippen molar-refractivity contribution in [1.29, 1.82) is 0 Å². The van der Waals surface area contributed by atoms with Crippen LogP contribution in [0.15, 0.2) is 53.0 Å². The van der Waals surface area contributed by atoms with Gasteiger partial charge in [0.25, 0.3) is 5.91 Å². The number of hydrogen-bond donors (Lipinski definition) is 2. The normalized spacial score (nSPS) is 21.6. The molecule has 4 heteroatoms. The molecular formula is C14H10BrNO2. The summed E-state index contributed by atoms with van der Waals surface area (Å²) in [4.78, 5) is 12.1. The average Bonchev–Trinajstić information content (AvgIpc) is 2.63. The van der Waals surface area contributed by atoms with E-state index < -0.39 is 11.5 Å². The van der Waals surface area contributed by atoms with Crippen molar-refractivity contribution < 1.29 is 9.90 Å². The number of amides is 1. The molecule has 3 nitrogen and oxygen atoms in total. The Labute approximate surface area is 113 Å². The van der Waals surface area contributed by atoms with Crippen LogP contribution in [0.2, 0.25) is 0 Å². The molecule has 2 aromatic rings. The molecule has 0 spiro atoms. The highest BCUT2D eigenvalue weighted by Crippen LogP contribution is 2.41. The quantitative estimate of drug-likeness (QED) is 0.851. The molecule has 0 aliphatic carbocycles. The molecule has 0 radical (unpaired) electrons. The fourth-order valence-corrected chi connectivity index (χ4v) is 2.60. The van der Waals surface area contributed by atoms with Gasteiger partial charge in [-0.25, -0.2) is 0 Å². The summed E-state index contributed by atoms with van der Waals surface area (Å²) in [5.41, 5.74) is 0.198. The number of anilines is 1. The van der Waals surface area contributed by atoms with Crippen molar-refractivity contribution >= 4 is 27.5 Å². The first kappa shape index (κ1) is 11.4. The zero-order valence-electron chi connectivity index (χ0n) is 9.35. The van der Waals surface area contributed by atoms with Gasteiger partial charge in [0, 0.05) is 15.7 Å². The number of rotatable bonds is 1. The van der Waals surface area contributed by atoms with Crippen molar-refractivity contribution in [2.45, 2.75) is 5.60 Å². The SMILES string of the molecule is O=C1Nc2cc(Br)ccc2[C@@]1(O)c1ccccc1. The van der Waals surface area contributed by atoms with Crippen LogP contribution >= 0.6 is 15.9 Å². The maximum absolute atomic E-state index is 12.1. The van der Waals surface area contributed by atoms with Crippen LogP contribution in [0.4, 0.5) is 5.69 Å². The van der Waals surface area contributed by atoms with Crippen LogP contribution in [0.3, 0.4) is 0 Å². The Morgan fingerprint density at radius 2 is 1.83 bits per heavy atom. The molecule has 1 heterocycles. The van der Waals surface area contributed by atoms with E-state index in [4.69, 9.17) is 0 Å². The van der Waals surface area contributed by atoms with E-state index in [1.54, 1.807) is 36.4 Å². The van der Waals surface area contributed by atoms with E-state index in [1.165, 1.54) is 0 Å². The zero-order valence-corrected chi connectivity index (χ0v) is 10.9. The van der Waals surface area contributed by atoms with Gasteiger partial charge in [-0.3, -0.25) is 4.79 Å². The maximum atomic E-state index is 12.1. The van der Waals surface area contributed by atoms with Gasteiger partial charge in [-0.05, 0) is 17.7 Å². The Morgan fingerprint density at radius 3 is 2.56 bits per heavy atom. The van der Waals surface area contributed by atoms with E-state index in [0.717, 1.165) is 4.47 Å². The molecular weight excluding hydrogens is 294 g/mol. The summed E-state index contributed by atoms with van der Waals surface area (Å²) in [5, 5.41) is 13.5. The van der Waals surface area contributed by atoms with Gasteiger partial charge < -0.3 is 10.4 Å². The van der Waals surface area contributed by atoms with Gasteiger partial charge in [-0.15, -0.1) is 0 Å².